The zero-order valence-electron chi connectivity index (χ0n) is 16.5. The number of aromatic nitrogens is 1. The summed E-state index contributed by atoms with van der Waals surface area (Å²) < 4.78 is 1.69. The molecule has 2 heterocycles. The number of pyridine rings is 1. The van der Waals surface area contributed by atoms with Crippen LogP contribution in [-0.4, -0.2) is 41.2 Å². The van der Waals surface area contributed by atoms with Crippen LogP contribution in [0.4, 0.5) is 10.5 Å². The average molecular weight is 370 g/mol. The Kier molecular flexibility index (Phi) is 6.16. The van der Waals surface area contributed by atoms with Gasteiger partial charge in [0.15, 0.2) is 0 Å². The smallest absolute Gasteiger partial charge is 0.319 e. The fourth-order valence-electron chi connectivity index (χ4n) is 3.89. The van der Waals surface area contributed by atoms with Crippen LogP contribution < -0.4 is 16.2 Å². The number of nitrogens with zero attached hydrogens (tertiary/aromatic N) is 2. The number of likely N-dealkylation sites (N-methyl/N-ethyl adjacent to an activating group) is 1. The van der Waals surface area contributed by atoms with Crippen LogP contribution in [0.2, 0.25) is 0 Å². The van der Waals surface area contributed by atoms with Crippen LogP contribution in [0, 0.1) is 5.92 Å². The van der Waals surface area contributed by atoms with E-state index in [-0.39, 0.29) is 11.6 Å². The molecule has 1 aromatic carbocycles. The molecule has 6 heteroatoms. The predicted octanol–water partition coefficient (Wildman–Crippen LogP) is 3.26. The summed E-state index contributed by atoms with van der Waals surface area (Å²) in [4.78, 5) is 27.6. The molecule has 2 N–H and O–H groups in total. The zero-order valence-corrected chi connectivity index (χ0v) is 16.5. The van der Waals surface area contributed by atoms with E-state index < -0.39 is 0 Å². The summed E-state index contributed by atoms with van der Waals surface area (Å²) in [6.07, 6.45) is 4.07. The molecule has 1 aromatic heterocycles. The molecule has 2 amide bonds. The normalized spacial score (nSPS) is 17.6. The average Bonchev–Trinajstić information content (AvgIpc) is 3.11. The van der Waals surface area contributed by atoms with E-state index in [0.29, 0.717) is 36.1 Å². The number of amides is 2. The van der Waals surface area contributed by atoms with Gasteiger partial charge in [0.2, 0.25) is 0 Å². The SMILES string of the molecule is CCN1CCC[C@@H]1CNC(=O)Nc1cn(CC(C)C)c(=O)c2ccccc12. The Morgan fingerprint density at radius 2 is 2.00 bits per heavy atom. The van der Waals surface area contributed by atoms with Crippen LogP contribution in [0.25, 0.3) is 10.8 Å². The third kappa shape index (κ3) is 4.50. The van der Waals surface area contributed by atoms with Gasteiger partial charge in [-0.3, -0.25) is 9.69 Å². The molecule has 0 radical (unpaired) electrons. The van der Waals surface area contributed by atoms with Gasteiger partial charge in [0.05, 0.1) is 5.69 Å². The van der Waals surface area contributed by atoms with Crippen molar-refractivity contribution in [2.45, 2.75) is 46.2 Å². The van der Waals surface area contributed by atoms with Crippen LogP contribution >= 0.6 is 0 Å². The van der Waals surface area contributed by atoms with E-state index in [1.807, 2.05) is 24.3 Å². The van der Waals surface area contributed by atoms with Gasteiger partial charge in [-0.25, -0.2) is 4.79 Å². The molecule has 1 atom stereocenters. The minimum absolute atomic E-state index is 0.0187. The maximum atomic E-state index is 12.7. The minimum Gasteiger partial charge on any atom is -0.336 e. The van der Waals surface area contributed by atoms with E-state index in [9.17, 15) is 9.59 Å². The molecule has 0 bridgehead atoms. The highest BCUT2D eigenvalue weighted by Gasteiger charge is 2.23. The molecule has 0 saturated carbocycles. The summed E-state index contributed by atoms with van der Waals surface area (Å²) in [5, 5.41) is 7.35. The molecule has 146 valence electrons. The van der Waals surface area contributed by atoms with Crippen LogP contribution in [-0.2, 0) is 6.54 Å². The number of nitrogens with one attached hydrogen (secondary N) is 2. The molecular weight excluding hydrogens is 340 g/mol. The summed E-state index contributed by atoms with van der Waals surface area (Å²) in [6, 6.07) is 7.62. The molecule has 2 aromatic rings. The fraction of sp³-hybridized carbons (Fsp3) is 0.524. The van der Waals surface area contributed by atoms with E-state index in [2.05, 4.69) is 36.3 Å². The third-order valence-electron chi connectivity index (χ3n) is 5.21. The lowest BCUT2D eigenvalue weighted by atomic mass is 10.1. The van der Waals surface area contributed by atoms with Gasteiger partial charge in [0, 0.05) is 36.1 Å². The Hall–Kier alpha value is -2.34. The maximum Gasteiger partial charge on any atom is 0.319 e. The number of hydrogen-bond donors (Lipinski definition) is 2. The van der Waals surface area contributed by atoms with Gasteiger partial charge in [0.1, 0.15) is 0 Å². The van der Waals surface area contributed by atoms with Crippen molar-refractivity contribution in [2.75, 3.05) is 25.0 Å². The van der Waals surface area contributed by atoms with Crippen molar-refractivity contribution in [1.82, 2.24) is 14.8 Å². The van der Waals surface area contributed by atoms with Gasteiger partial charge in [-0.05, 0) is 37.9 Å². The van der Waals surface area contributed by atoms with Crippen molar-refractivity contribution in [3.8, 4) is 0 Å². The number of hydrogen-bond acceptors (Lipinski definition) is 3. The first-order valence-electron chi connectivity index (χ1n) is 9.90. The lowest BCUT2D eigenvalue weighted by Crippen LogP contribution is -2.41. The fourth-order valence-corrected chi connectivity index (χ4v) is 3.89. The molecule has 0 aliphatic carbocycles. The first-order valence-corrected chi connectivity index (χ1v) is 9.90. The second-order valence-electron chi connectivity index (χ2n) is 7.70. The predicted molar refractivity (Wildman–Crippen MR) is 110 cm³/mol. The number of benzene rings is 1. The highest BCUT2D eigenvalue weighted by atomic mass is 16.2. The number of rotatable bonds is 6. The molecule has 1 aliphatic rings. The van der Waals surface area contributed by atoms with Crippen molar-refractivity contribution < 1.29 is 4.79 Å². The van der Waals surface area contributed by atoms with E-state index in [1.54, 1.807) is 10.8 Å². The number of anilines is 1. The molecule has 1 saturated heterocycles. The first-order chi connectivity index (χ1) is 13.0. The standard InChI is InChI=1S/C21H30N4O2/c1-4-24-11-7-8-16(24)12-22-21(27)23-19-14-25(13-15(2)3)20(26)18-10-6-5-9-17(18)19/h5-6,9-10,14-16H,4,7-8,11-13H2,1-3H3,(H2,22,23,27)/t16-/m1/s1. The first kappa shape index (κ1) is 19.4. The number of carbonyl (C=O) groups excluding carboxylic acids is 1. The largest absolute Gasteiger partial charge is 0.336 e. The minimum atomic E-state index is -0.224. The molecule has 1 aliphatic heterocycles. The second kappa shape index (κ2) is 8.57. The van der Waals surface area contributed by atoms with Crippen LogP contribution in [0.5, 0.6) is 0 Å². The Labute approximate surface area is 160 Å². The molecule has 3 rings (SSSR count). The lowest BCUT2D eigenvalue weighted by molar-refractivity contribution is 0.238. The Balaban J connectivity index is 1.78. The van der Waals surface area contributed by atoms with E-state index in [1.165, 1.54) is 6.42 Å². The van der Waals surface area contributed by atoms with Gasteiger partial charge in [-0.15, -0.1) is 0 Å². The Bertz CT molecular complexity index is 859. The molecule has 0 spiro atoms. The Morgan fingerprint density at radius 1 is 1.26 bits per heavy atom. The van der Waals surface area contributed by atoms with Crippen molar-refractivity contribution in [1.29, 1.82) is 0 Å². The highest BCUT2D eigenvalue weighted by molar-refractivity contribution is 6.00. The summed E-state index contributed by atoms with van der Waals surface area (Å²) in [7, 11) is 0. The Morgan fingerprint density at radius 3 is 2.70 bits per heavy atom. The summed E-state index contributed by atoms with van der Waals surface area (Å²) in [5.41, 5.74) is 0.650. The lowest BCUT2D eigenvalue weighted by Gasteiger charge is -2.23. The molecule has 0 unspecified atom stereocenters. The number of fused-ring (bicyclic) bond motifs is 1. The molecule has 1 fully saturated rings. The highest BCUT2D eigenvalue weighted by Crippen LogP contribution is 2.21. The maximum absolute atomic E-state index is 12.7. The molecule has 27 heavy (non-hydrogen) atoms. The van der Waals surface area contributed by atoms with Crippen molar-refractivity contribution in [3.05, 3.63) is 40.8 Å². The van der Waals surface area contributed by atoms with Crippen LogP contribution in [0.15, 0.2) is 35.3 Å². The monoisotopic (exact) mass is 370 g/mol. The number of likely N-dealkylation sites (tertiary alicyclic amines) is 1. The van der Waals surface area contributed by atoms with Crippen LogP contribution in [0.1, 0.15) is 33.6 Å². The van der Waals surface area contributed by atoms with E-state index >= 15 is 0 Å². The van der Waals surface area contributed by atoms with E-state index in [4.69, 9.17) is 0 Å². The van der Waals surface area contributed by atoms with Gasteiger partial charge in [-0.2, -0.15) is 0 Å². The number of urea groups is 1. The quantitative estimate of drug-likeness (QED) is 0.820. The van der Waals surface area contributed by atoms with Crippen molar-refractivity contribution in [2.24, 2.45) is 5.92 Å². The van der Waals surface area contributed by atoms with E-state index in [0.717, 1.165) is 24.9 Å². The number of carbonyl (C=O) groups is 1. The molecular formula is C21H30N4O2. The van der Waals surface area contributed by atoms with Gasteiger partial charge >= 0.3 is 6.03 Å². The second-order valence-corrected chi connectivity index (χ2v) is 7.70. The molecule has 6 nitrogen and oxygen atoms in total. The summed E-state index contributed by atoms with van der Waals surface area (Å²) >= 11 is 0. The summed E-state index contributed by atoms with van der Waals surface area (Å²) in [5.74, 6) is 0.341. The zero-order chi connectivity index (χ0) is 19.4. The summed E-state index contributed by atoms with van der Waals surface area (Å²) in [6.45, 7) is 9.68. The van der Waals surface area contributed by atoms with Crippen molar-refractivity contribution in [3.63, 3.8) is 0 Å². The van der Waals surface area contributed by atoms with Gasteiger partial charge < -0.3 is 15.2 Å². The van der Waals surface area contributed by atoms with Crippen LogP contribution in [0.3, 0.4) is 0 Å². The third-order valence-corrected chi connectivity index (χ3v) is 5.21. The van der Waals surface area contributed by atoms with Crippen molar-refractivity contribution >= 4 is 22.5 Å². The van der Waals surface area contributed by atoms with Gasteiger partial charge in [-0.1, -0.05) is 39.0 Å². The van der Waals surface area contributed by atoms with Gasteiger partial charge in [0.25, 0.3) is 5.56 Å². The topological polar surface area (TPSA) is 66.4 Å².